The zero-order chi connectivity index (χ0) is 10.8. The van der Waals surface area contributed by atoms with E-state index < -0.39 is 0 Å². The molecule has 3 nitrogen and oxygen atoms in total. The lowest BCUT2D eigenvalue weighted by Crippen LogP contribution is -2.11. The quantitative estimate of drug-likeness (QED) is 0.645. The highest BCUT2D eigenvalue weighted by molar-refractivity contribution is 5.45. The standard InChI is InChI=1S/C12H17NO2/c1-8-4-11(14)12(15)6-10(8)5-9-2-3-13-7-9/h4,6,9,13-15H,2-3,5,7H2,1H3. The van der Waals surface area contributed by atoms with E-state index >= 15 is 0 Å². The van der Waals surface area contributed by atoms with Gasteiger partial charge in [0.1, 0.15) is 0 Å². The summed E-state index contributed by atoms with van der Waals surface area (Å²) in [4.78, 5) is 0. The molecule has 0 bridgehead atoms. The molecule has 3 heteroatoms. The van der Waals surface area contributed by atoms with Gasteiger partial charge in [-0.1, -0.05) is 0 Å². The van der Waals surface area contributed by atoms with E-state index in [2.05, 4.69) is 5.32 Å². The average molecular weight is 207 g/mol. The van der Waals surface area contributed by atoms with Crippen molar-refractivity contribution in [3.8, 4) is 11.5 Å². The number of phenolic OH excluding ortho intramolecular Hbond substituents is 2. The van der Waals surface area contributed by atoms with Gasteiger partial charge in [-0.15, -0.1) is 0 Å². The summed E-state index contributed by atoms with van der Waals surface area (Å²) in [5, 5.41) is 22.1. The first-order chi connectivity index (χ1) is 7.16. The first kappa shape index (κ1) is 10.3. The minimum atomic E-state index is -0.0270. The van der Waals surface area contributed by atoms with Crippen molar-refractivity contribution in [3.05, 3.63) is 23.3 Å². The molecule has 0 saturated carbocycles. The number of hydrogen-bond donors (Lipinski definition) is 3. The van der Waals surface area contributed by atoms with E-state index in [1.165, 1.54) is 6.42 Å². The highest BCUT2D eigenvalue weighted by Crippen LogP contribution is 2.29. The lowest BCUT2D eigenvalue weighted by atomic mass is 9.95. The Morgan fingerprint density at radius 3 is 2.73 bits per heavy atom. The van der Waals surface area contributed by atoms with Crippen LogP contribution in [-0.4, -0.2) is 23.3 Å². The fourth-order valence-corrected chi connectivity index (χ4v) is 2.14. The lowest BCUT2D eigenvalue weighted by Gasteiger charge is -2.12. The third kappa shape index (κ3) is 2.23. The Morgan fingerprint density at radius 2 is 2.07 bits per heavy atom. The zero-order valence-corrected chi connectivity index (χ0v) is 8.95. The third-order valence-corrected chi connectivity index (χ3v) is 3.10. The van der Waals surface area contributed by atoms with Crippen LogP contribution in [0.2, 0.25) is 0 Å². The molecule has 1 atom stereocenters. The molecule has 1 aromatic carbocycles. The first-order valence-corrected chi connectivity index (χ1v) is 5.39. The molecule has 0 amide bonds. The fourth-order valence-electron chi connectivity index (χ4n) is 2.14. The van der Waals surface area contributed by atoms with Crippen LogP contribution in [0.1, 0.15) is 17.5 Å². The molecule has 0 radical (unpaired) electrons. The molecular formula is C12H17NO2. The van der Waals surface area contributed by atoms with E-state index in [-0.39, 0.29) is 11.5 Å². The van der Waals surface area contributed by atoms with Crippen LogP contribution in [0, 0.1) is 12.8 Å². The molecule has 1 aliphatic rings. The maximum absolute atomic E-state index is 9.43. The van der Waals surface area contributed by atoms with Crippen LogP contribution >= 0.6 is 0 Å². The fraction of sp³-hybridized carbons (Fsp3) is 0.500. The molecule has 3 N–H and O–H groups in total. The van der Waals surface area contributed by atoms with Gasteiger partial charge in [-0.05, 0) is 62.0 Å². The Hall–Kier alpha value is -1.22. The van der Waals surface area contributed by atoms with Crippen LogP contribution in [0.15, 0.2) is 12.1 Å². The Morgan fingerprint density at radius 1 is 1.33 bits per heavy atom. The summed E-state index contributed by atoms with van der Waals surface area (Å²) in [6.45, 7) is 4.12. The van der Waals surface area contributed by atoms with E-state index in [1.807, 2.05) is 6.92 Å². The van der Waals surface area contributed by atoms with Gasteiger partial charge in [0, 0.05) is 0 Å². The van der Waals surface area contributed by atoms with Gasteiger partial charge in [0.15, 0.2) is 11.5 Å². The van der Waals surface area contributed by atoms with Crippen molar-refractivity contribution >= 4 is 0 Å². The second-order valence-corrected chi connectivity index (χ2v) is 4.33. The highest BCUT2D eigenvalue weighted by atomic mass is 16.3. The van der Waals surface area contributed by atoms with E-state index in [9.17, 15) is 10.2 Å². The van der Waals surface area contributed by atoms with Gasteiger partial charge in [-0.2, -0.15) is 0 Å². The molecule has 82 valence electrons. The highest BCUT2D eigenvalue weighted by Gasteiger charge is 2.16. The van der Waals surface area contributed by atoms with E-state index in [0.29, 0.717) is 5.92 Å². The van der Waals surface area contributed by atoms with Crippen molar-refractivity contribution in [2.24, 2.45) is 5.92 Å². The molecule has 0 spiro atoms. The molecule has 15 heavy (non-hydrogen) atoms. The van der Waals surface area contributed by atoms with E-state index in [0.717, 1.165) is 30.6 Å². The van der Waals surface area contributed by atoms with Gasteiger partial charge >= 0.3 is 0 Å². The molecule has 2 rings (SSSR count). The number of benzene rings is 1. The Balaban J connectivity index is 2.16. The number of hydrogen-bond acceptors (Lipinski definition) is 3. The van der Waals surface area contributed by atoms with Crippen LogP contribution in [-0.2, 0) is 6.42 Å². The van der Waals surface area contributed by atoms with Crippen LogP contribution in [0.25, 0.3) is 0 Å². The molecule has 1 aliphatic heterocycles. The molecule has 1 saturated heterocycles. The van der Waals surface area contributed by atoms with Gasteiger partial charge in [-0.3, -0.25) is 0 Å². The predicted octanol–water partition coefficient (Wildman–Crippen LogP) is 1.56. The Kier molecular flexibility index (Phi) is 2.82. The second kappa shape index (κ2) is 4.11. The van der Waals surface area contributed by atoms with Crippen molar-refractivity contribution in [1.29, 1.82) is 0 Å². The minimum absolute atomic E-state index is 0.0124. The van der Waals surface area contributed by atoms with E-state index in [4.69, 9.17) is 0 Å². The van der Waals surface area contributed by atoms with Gasteiger partial charge in [-0.25, -0.2) is 0 Å². The number of rotatable bonds is 2. The Labute approximate surface area is 89.8 Å². The number of nitrogens with one attached hydrogen (secondary N) is 1. The molecule has 1 aromatic rings. The minimum Gasteiger partial charge on any atom is -0.504 e. The number of phenols is 2. The number of aromatic hydroxyl groups is 2. The Bertz CT molecular complexity index is 357. The van der Waals surface area contributed by atoms with E-state index in [1.54, 1.807) is 12.1 Å². The summed E-state index contributed by atoms with van der Waals surface area (Å²) in [5.74, 6) is 0.620. The third-order valence-electron chi connectivity index (χ3n) is 3.10. The van der Waals surface area contributed by atoms with Crippen molar-refractivity contribution in [2.45, 2.75) is 19.8 Å². The molecule has 1 heterocycles. The van der Waals surface area contributed by atoms with Gasteiger partial charge in [0.2, 0.25) is 0 Å². The van der Waals surface area contributed by atoms with Crippen molar-refractivity contribution in [3.63, 3.8) is 0 Å². The number of aryl methyl sites for hydroxylation is 1. The van der Waals surface area contributed by atoms with Crippen molar-refractivity contribution < 1.29 is 10.2 Å². The smallest absolute Gasteiger partial charge is 0.157 e. The molecule has 1 fully saturated rings. The van der Waals surface area contributed by atoms with Crippen LogP contribution < -0.4 is 5.32 Å². The predicted molar refractivity (Wildman–Crippen MR) is 59.2 cm³/mol. The van der Waals surface area contributed by atoms with Crippen LogP contribution in [0.4, 0.5) is 0 Å². The van der Waals surface area contributed by atoms with Gasteiger partial charge in [0.25, 0.3) is 0 Å². The average Bonchev–Trinajstić information content (AvgIpc) is 2.67. The zero-order valence-electron chi connectivity index (χ0n) is 8.95. The summed E-state index contributed by atoms with van der Waals surface area (Å²) in [5.41, 5.74) is 2.19. The lowest BCUT2D eigenvalue weighted by molar-refractivity contribution is 0.402. The van der Waals surface area contributed by atoms with Crippen molar-refractivity contribution in [1.82, 2.24) is 5.32 Å². The summed E-state index contributed by atoms with van der Waals surface area (Å²) in [7, 11) is 0. The molecule has 0 aromatic heterocycles. The summed E-state index contributed by atoms with van der Waals surface area (Å²) < 4.78 is 0. The summed E-state index contributed by atoms with van der Waals surface area (Å²) >= 11 is 0. The topological polar surface area (TPSA) is 52.5 Å². The van der Waals surface area contributed by atoms with Gasteiger partial charge < -0.3 is 15.5 Å². The van der Waals surface area contributed by atoms with Crippen LogP contribution in [0.3, 0.4) is 0 Å². The summed E-state index contributed by atoms with van der Waals surface area (Å²) in [6, 6.07) is 3.32. The SMILES string of the molecule is Cc1cc(O)c(O)cc1CC1CCNC1. The molecule has 0 aliphatic carbocycles. The first-order valence-electron chi connectivity index (χ1n) is 5.39. The maximum atomic E-state index is 9.43. The second-order valence-electron chi connectivity index (χ2n) is 4.33. The van der Waals surface area contributed by atoms with Gasteiger partial charge in [0.05, 0.1) is 0 Å². The van der Waals surface area contributed by atoms with Crippen molar-refractivity contribution in [2.75, 3.05) is 13.1 Å². The van der Waals surface area contributed by atoms with Crippen LogP contribution in [0.5, 0.6) is 11.5 Å². The largest absolute Gasteiger partial charge is 0.504 e. The summed E-state index contributed by atoms with van der Waals surface area (Å²) in [6.07, 6.45) is 2.17. The molecular weight excluding hydrogens is 190 g/mol. The normalized spacial score (nSPS) is 20.7. The molecule has 1 unspecified atom stereocenters. The maximum Gasteiger partial charge on any atom is 0.157 e. The monoisotopic (exact) mass is 207 g/mol.